The number of carboxylic acid groups (broad SMARTS) is 1. The van der Waals surface area contributed by atoms with Gasteiger partial charge in [-0.3, -0.25) is 19.4 Å². The molecule has 1 aromatic carbocycles. The average molecular weight is 546 g/mol. The van der Waals surface area contributed by atoms with E-state index in [4.69, 9.17) is 22.9 Å². The number of nitrogens with one attached hydrogen (secondary N) is 4. The highest BCUT2D eigenvalue weighted by Crippen LogP contribution is 2.19. The third-order valence-electron chi connectivity index (χ3n) is 6.08. The molecule has 0 aliphatic carbocycles. The number of carbonyl (C=O) groups is 4. The van der Waals surface area contributed by atoms with Crippen LogP contribution in [0, 0.1) is 0 Å². The number of hydrogen-bond acceptors (Lipinski definition) is 7. The van der Waals surface area contributed by atoms with Gasteiger partial charge in [0.25, 0.3) is 0 Å². The molecule has 39 heavy (non-hydrogen) atoms. The number of aromatic amines is 1. The van der Waals surface area contributed by atoms with Crippen LogP contribution in [-0.4, -0.2) is 77.5 Å². The van der Waals surface area contributed by atoms with Crippen molar-refractivity contribution in [1.82, 2.24) is 20.9 Å². The van der Waals surface area contributed by atoms with E-state index in [0.29, 0.717) is 25.8 Å². The van der Waals surface area contributed by atoms with Gasteiger partial charge in [0.1, 0.15) is 18.1 Å². The number of hydrogen-bond donors (Lipinski definition) is 9. The molecule has 2 rings (SSSR count). The molecule has 0 spiro atoms. The molecule has 3 atom stereocenters. The molecule has 1 heterocycles. The molecule has 14 heteroatoms. The molecule has 13 N–H and O–H groups in total. The third-order valence-corrected chi connectivity index (χ3v) is 6.08. The number of carbonyl (C=O) groups excluding carboxylic acids is 3. The van der Waals surface area contributed by atoms with Crippen LogP contribution in [0.4, 0.5) is 0 Å². The number of nitrogens with zero attached hydrogens (tertiary/aromatic N) is 1. The number of unbranched alkanes of at least 4 members (excludes halogenated alkanes) is 1. The molecule has 0 bridgehead atoms. The van der Waals surface area contributed by atoms with Crippen molar-refractivity contribution in [3.63, 3.8) is 0 Å². The highest BCUT2D eigenvalue weighted by molar-refractivity contribution is 5.94. The Bertz CT molecular complexity index is 1150. The second-order valence-corrected chi connectivity index (χ2v) is 9.08. The van der Waals surface area contributed by atoms with E-state index in [1.165, 1.54) is 0 Å². The summed E-state index contributed by atoms with van der Waals surface area (Å²) < 4.78 is 0. The highest BCUT2D eigenvalue weighted by Gasteiger charge is 2.29. The number of H-pyrrole nitrogens is 1. The van der Waals surface area contributed by atoms with Crippen LogP contribution in [0.2, 0.25) is 0 Å². The van der Waals surface area contributed by atoms with Gasteiger partial charge in [0, 0.05) is 30.1 Å². The zero-order valence-corrected chi connectivity index (χ0v) is 21.8. The number of carboxylic acids is 1. The van der Waals surface area contributed by atoms with Gasteiger partial charge in [-0.2, -0.15) is 0 Å². The average Bonchev–Trinajstić information content (AvgIpc) is 3.31. The van der Waals surface area contributed by atoms with Gasteiger partial charge in [-0.15, -0.1) is 0 Å². The summed E-state index contributed by atoms with van der Waals surface area (Å²) in [6, 6.07) is 4.23. The van der Waals surface area contributed by atoms with Crippen LogP contribution in [0.25, 0.3) is 10.9 Å². The fraction of sp³-hybridized carbons (Fsp3) is 0.480. The van der Waals surface area contributed by atoms with Gasteiger partial charge >= 0.3 is 5.97 Å². The Morgan fingerprint density at radius 1 is 0.897 bits per heavy atom. The molecule has 3 amide bonds. The highest BCUT2D eigenvalue weighted by atomic mass is 16.4. The number of amides is 3. The molecular weight excluding hydrogens is 506 g/mol. The first-order valence-corrected chi connectivity index (χ1v) is 12.8. The minimum Gasteiger partial charge on any atom is -0.480 e. The van der Waals surface area contributed by atoms with E-state index in [-0.39, 0.29) is 38.3 Å². The maximum Gasteiger partial charge on any atom is 0.326 e. The normalized spacial score (nSPS) is 13.2. The van der Waals surface area contributed by atoms with Crippen molar-refractivity contribution in [1.29, 1.82) is 0 Å². The van der Waals surface area contributed by atoms with Gasteiger partial charge < -0.3 is 49.0 Å². The Balaban J connectivity index is 2.18. The van der Waals surface area contributed by atoms with Crippen LogP contribution < -0.4 is 38.9 Å². The van der Waals surface area contributed by atoms with Crippen molar-refractivity contribution in [3.05, 3.63) is 36.0 Å². The molecule has 0 saturated heterocycles. The lowest BCUT2D eigenvalue weighted by Crippen LogP contribution is -2.56. The number of aromatic nitrogens is 1. The van der Waals surface area contributed by atoms with Crippen molar-refractivity contribution < 1.29 is 24.3 Å². The van der Waals surface area contributed by atoms with Crippen molar-refractivity contribution in [3.8, 4) is 0 Å². The summed E-state index contributed by atoms with van der Waals surface area (Å²) >= 11 is 0. The lowest BCUT2D eigenvalue weighted by Gasteiger charge is -2.24. The monoisotopic (exact) mass is 545 g/mol. The summed E-state index contributed by atoms with van der Waals surface area (Å²) in [5.41, 5.74) is 23.3. The number of nitrogens with two attached hydrogens (primary N) is 4. The van der Waals surface area contributed by atoms with E-state index in [2.05, 4.69) is 25.9 Å². The maximum atomic E-state index is 13.4. The van der Waals surface area contributed by atoms with Crippen LogP contribution in [-0.2, 0) is 25.6 Å². The smallest absolute Gasteiger partial charge is 0.326 e. The lowest BCUT2D eigenvalue weighted by atomic mass is 10.0. The standard InChI is InChI=1S/C25H39N9O5/c26-10-4-3-8-18(22(36)34-19(24(38)39)9-5-11-30-25(28)29)33-23(37)20(32-21(35)13-27)12-15-14-31-17-7-2-1-6-16(15)17/h1-2,6-7,14,18-20,31H,3-5,8-13,26-27H2,(H,32,35)(H,33,37)(H,34,36)(H,38,39)(H4,28,29,30). The van der Waals surface area contributed by atoms with Crippen molar-refractivity contribution >= 4 is 40.6 Å². The quantitative estimate of drug-likeness (QED) is 0.0628. The lowest BCUT2D eigenvalue weighted by molar-refractivity contribution is -0.142. The van der Waals surface area contributed by atoms with Crippen LogP contribution >= 0.6 is 0 Å². The topological polar surface area (TPSA) is 257 Å². The molecular formula is C25H39N9O5. The second-order valence-electron chi connectivity index (χ2n) is 9.08. The summed E-state index contributed by atoms with van der Waals surface area (Å²) in [5, 5.41) is 18.3. The van der Waals surface area contributed by atoms with E-state index < -0.39 is 41.8 Å². The number of aliphatic imine (C=N–C) groups is 1. The molecule has 0 saturated carbocycles. The van der Waals surface area contributed by atoms with Gasteiger partial charge in [-0.05, 0) is 50.3 Å². The third kappa shape index (κ3) is 10.2. The predicted octanol–water partition coefficient (Wildman–Crippen LogP) is -1.61. The SMILES string of the molecule is NCCCCC(NC(=O)C(Cc1c[nH]c2ccccc12)NC(=O)CN)C(=O)NC(CCCN=C(N)N)C(=O)O. The van der Waals surface area contributed by atoms with E-state index in [1.807, 2.05) is 24.3 Å². The zero-order chi connectivity index (χ0) is 28.8. The van der Waals surface area contributed by atoms with E-state index in [0.717, 1.165) is 16.5 Å². The number of rotatable bonds is 17. The van der Waals surface area contributed by atoms with Crippen LogP contribution in [0.5, 0.6) is 0 Å². The Morgan fingerprint density at radius 2 is 1.56 bits per heavy atom. The molecule has 14 nitrogen and oxygen atoms in total. The second kappa shape index (κ2) is 15.9. The fourth-order valence-electron chi connectivity index (χ4n) is 4.05. The summed E-state index contributed by atoms with van der Waals surface area (Å²) in [4.78, 5) is 57.3. The summed E-state index contributed by atoms with van der Waals surface area (Å²) in [6.07, 6.45) is 3.63. The Morgan fingerprint density at radius 3 is 2.23 bits per heavy atom. The van der Waals surface area contributed by atoms with E-state index in [9.17, 15) is 24.3 Å². The Kier molecular flexibility index (Phi) is 12.7. The Labute approximate surface area is 226 Å². The zero-order valence-electron chi connectivity index (χ0n) is 21.8. The summed E-state index contributed by atoms with van der Waals surface area (Å²) in [7, 11) is 0. The van der Waals surface area contributed by atoms with Gasteiger partial charge in [-0.1, -0.05) is 18.2 Å². The number of fused-ring (bicyclic) bond motifs is 1. The van der Waals surface area contributed by atoms with Crippen molar-refractivity contribution in [2.24, 2.45) is 27.9 Å². The predicted molar refractivity (Wildman–Crippen MR) is 147 cm³/mol. The summed E-state index contributed by atoms with van der Waals surface area (Å²) in [5.74, 6) is -3.14. The first kappa shape index (κ1) is 31.1. The van der Waals surface area contributed by atoms with Gasteiger partial charge in [0.2, 0.25) is 17.7 Å². The Hall–Kier alpha value is -4.17. The summed E-state index contributed by atoms with van der Waals surface area (Å²) in [6.45, 7) is 0.272. The fourth-order valence-corrected chi connectivity index (χ4v) is 4.05. The largest absolute Gasteiger partial charge is 0.480 e. The minimum absolute atomic E-state index is 0.0804. The molecule has 1 aromatic heterocycles. The van der Waals surface area contributed by atoms with Gasteiger partial charge in [0.05, 0.1) is 6.54 Å². The molecule has 0 aliphatic heterocycles. The first-order chi connectivity index (χ1) is 18.7. The van der Waals surface area contributed by atoms with Gasteiger partial charge in [-0.25, -0.2) is 4.79 Å². The number of guanidine groups is 1. The molecule has 0 fully saturated rings. The van der Waals surface area contributed by atoms with E-state index >= 15 is 0 Å². The molecule has 0 aliphatic rings. The van der Waals surface area contributed by atoms with Crippen LogP contribution in [0.15, 0.2) is 35.5 Å². The minimum atomic E-state index is -1.23. The molecule has 3 unspecified atom stereocenters. The molecule has 2 aromatic rings. The number of aliphatic carboxylic acids is 1. The van der Waals surface area contributed by atoms with Crippen LogP contribution in [0.1, 0.15) is 37.7 Å². The first-order valence-electron chi connectivity index (χ1n) is 12.8. The van der Waals surface area contributed by atoms with E-state index in [1.54, 1.807) is 6.20 Å². The molecule has 214 valence electrons. The maximum absolute atomic E-state index is 13.4. The van der Waals surface area contributed by atoms with Crippen molar-refractivity contribution in [2.75, 3.05) is 19.6 Å². The van der Waals surface area contributed by atoms with Crippen LogP contribution in [0.3, 0.4) is 0 Å². The number of benzene rings is 1. The molecule has 0 radical (unpaired) electrons. The van der Waals surface area contributed by atoms with Gasteiger partial charge in [0.15, 0.2) is 5.96 Å². The number of para-hydroxylation sites is 1. The van der Waals surface area contributed by atoms with Crippen molar-refractivity contribution in [2.45, 2.75) is 56.7 Å².